The Kier molecular flexibility index (Phi) is 2.76. The van der Waals surface area contributed by atoms with Crippen LogP contribution in [0.5, 0.6) is 0 Å². The maximum atomic E-state index is 5.57. The Morgan fingerprint density at radius 2 is 1.94 bits per heavy atom. The minimum Gasteiger partial charge on any atom is -0.358 e. The highest BCUT2D eigenvalue weighted by molar-refractivity contribution is 5.81. The van der Waals surface area contributed by atoms with Gasteiger partial charge in [0.15, 0.2) is 0 Å². The Balaban J connectivity index is 2.46. The van der Waals surface area contributed by atoms with E-state index in [1.54, 1.807) is 0 Å². The lowest BCUT2D eigenvalue weighted by Crippen LogP contribution is -2.10. The maximum absolute atomic E-state index is 5.57. The molecule has 2 nitrogen and oxygen atoms in total. The molecule has 2 aromatic rings. The third kappa shape index (κ3) is 2.12. The third-order valence-corrected chi connectivity index (χ3v) is 2.93. The molecule has 0 saturated heterocycles. The Morgan fingerprint density at radius 3 is 2.56 bits per heavy atom. The number of aromatic amines is 1. The van der Waals surface area contributed by atoms with Crippen LogP contribution in [-0.4, -0.2) is 11.5 Å². The zero-order chi connectivity index (χ0) is 11.8. The average Bonchev–Trinajstić information content (AvgIpc) is 2.60. The van der Waals surface area contributed by atoms with Gasteiger partial charge in [0.25, 0.3) is 0 Å². The van der Waals surface area contributed by atoms with Gasteiger partial charge >= 0.3 is 0 Å². The fraction of sp³-hybridized carbons (Fsp3) is 0.429. The number of aromatic nitrogens is 1. The van der Waals surface area contributed by atoms with E-state index < -0.39 is 0 Å². The second kappa shape index (κ2) is 3.95. The van der Waals surface area contributed by atoms with Crippen molar-refractivity contribution in [3.05, 3.63) is 35.5 Å². The van der Waals surface area contributed by atoms with Crippen molar-refractivity contribution in [3.8, 4) is 0 Å². The second-order valence-electron chi connectivity index (χ2n) is 5.39. The lowest BCUT2D eigenvalue weighted by molar-refractivity contribution is 0.574. The average molecular weight is 216 g/mol. The van der Waals surface area contributed by atoms with Gasteiger partial charge in [0.2, 0.25) is 0 Å². The quantitative estimate of drug-likeness (QED) is 0.796. The zero-order valence-electron chi connectivity index (χ0n) is 10.3. The molecule has 0 radical (unpaired) electrons. The summed E-state index contributed by atoms with van der Waals surface area (Å²) in [5.41, 5.74) is 9.56. The molecule has 0 aliphatic carbocycles. The summed E-state index contributed by atoms with van der Waals surface area (Å²) in [6.45, 7) is 7.37. The van der Waals surface area contributed by atoms with E-state index in [0.717, 1.165) is 6.42 Å². The van der Waals surface area contributed by atoms with Gasteiger partial charge in [0.05, 0.1) is 0 Å². The largest absolute Gasteiger partial charge is 0.358 e. The first-order valence-electron chi connectivity index (χ1n) is 5.83. The molecule has 16 heavy (non-hydrogen) atoms. The summed E-state index contributed by atoms with van der Waals surface area (Å²) in [5, 5.41) is 1.29. The minimum absolute atomic E-state index is 0.174. The van der Waals surface area contributed by atoms with E-state index in [-0.39, 0.29) is 5.41 Å². The van der Waals surface area contributed by atoms with Crippen LogP contribution in [-0.2, 0) is 11.8 Å². The van der Waals surface area contributed by atoms with Gasteiger partial charge in [-0.05, 0) is 42.1 Å². The summed E-state index contributed by atoms with van der Waals surface area (Å²) in [6.07, 6.45) is 0.950. The molecular weight excluding hydrogens is 196 g/mol. The number of H-pyrrole nitrogens is 1. The Labute approximate surface area is 96.9 Å². The van der Waals surface area contributed by atoms with Crippen molar-refractivity contribution in [2.75, 3.05) is 6.54 Å². The first-order chi connectivity index (χ1) is 7.50. The lowest BCUT2D eigenvalue weighted by Gasteiger charge is -2.15. The van der Waals surface area contributed by atoms with Gasteiger partial charge in [-0.1, -0.05) is 26.8 Å². The molecule has 0 bridgehead atoms. The van der Waals surface area contributed by atoms with Crippen LogP contribution in [0.2, 0.25) is 0 Å². The minimum atomic E-state index is 0.174. The highest BCUT2D eigenvalue weighted by atomic mass is 14.7. The van der Waals surface area contributed by atoms with E-state index in [0.29, 0.717) is 6.54 Å². The van der Waals surface area contributed by atoms with E-state index in [1.165, 1.54) is 22.2 Å². The van der Waals surface area contributed by atoms with Crippen LogP contribution in [0.4, 0.5) is 0 Å². The molecule has 0 aliphatic rings. The summed E-state index contributed by atoms with van der Waals surface area (Å²) in [5.74, 6) is 0. The monoisotopic (exact) mass is 216 g/mol. The van der Waals surface area contributed by atoms with E-state index >= 15 is 0 Å². The van der Waals surface area contributed by atoms with Gasteiger partial charge in [-0.25, -0.2) is 0 Å². The van der Waals surface area contributed by atoms with Crippen molar-refractivity contribution < 1.29 is 0 Å². The summed E-state index contributed by atoms with van der Waals surface area (Å²) in [4.78, 5) is 3.47. The molecule has 0 aliphatic heterocycles. The predicted molar refractivity (Wildman–Crippen MR) is 69.8 cm³/mol. The Hall–Kier alpha value is -1.28. The highest BCUT2D eigenvalue weighted by Gasteiger charge is 2.15. The molecule has 86 valence electrons. The van der Waals surface area contributed by atoms with Gasteiger partial charge in [-0.3, -0.25) is 0 Å². The Bertz CT molecular complexity index is 489. The number of hydrogen-bond acceptors (Lipinski definition) is 1. The molecule has 2 heteroatoms. The molecule has 1 heterocycles. The molecule has 3 N–H and O–H groups in total. The SMILES string of the molecule is CC(C)(C)c1cc2cc(CCN)ccc2[nH]1. The molecule has 0 spiro atoms. The van der Waals surface area contributed by atoms with Crippen molar-refractivity contribution in [1.29, 1.82) is 0 Å². The molecule has 0 unspecified atom stereocenters. The van der Waals surface area contributed by atoms with E-state index in [9.17, 15) is 0 Å². The third-order valence-electron chi connectivity index (χ3n) is 2.93. The molecule has 2 rings (SSSR count). The number of nitrogens with two attached hydrogens (primary N) is 1. The normalized spacial score (nSPS) is 12.2. The van der Waals surface area contributed by atoms with Crippen molar-refractivity contribution in [2.24, 2.45) is 5.73 Å². The van der Waals surface area contributed by atoms with Crippen LogP contribution in [0.3, 0.4) is 0 Å². The summed E-state index contributed by atoms with van der Waals surface area (Å²) in [6, 6.07) is 8.77. The van der Waals surface area contributed by atoms with Crippen molar-refractivity contribution >= 4 is 10.9 Å². The second-order valence-corrected chi connectivity index (χ2v) is 5.39. The molecule has 1 aromatic heterocycles. The zero-order valence-corrected chi connectivity index (χ0v) is 10.3. The fourth-order valence-corrected chi connectivity index (χ4v) is 1.91. The number of benzene rings is 1. The van der Waals surface area contributed by atoms with Gasteiger partial charge in [0.1, 0.15) is 0 Å². The van der Waals surface area contributed by atoms with Gasteiger partial charge in [0, 0.05) is 16.6 Å². The van der Waals surface area contributed by atoms with Crippen LogP contribution in [0, 0.1) is 0 Å². The predicted octanol–water partition coefficient (Wildman–Crippen LogP) is 2.97. The topological polar surface area (TPSA) is 41.8 Å². The molecular formula is C14H20N2. The van der Waals surface area contributed by atoms with Gasteiger partial charge in [-0.15, -0.1) is 0 Å². The van der Waals surface area contributed by atoms with Crippen LogP contribution in [0.25, 0.3) is 10.9 Å². The lowest BCUT2D eigenvalue weighted by atomic mass is 9.92. The molecule has 1 aromatic carbocycles. The Morgan fingerprint density at radius 1 is 1.19 bits per heavy atom. The summed E-state index contributed by atoms with van der Waals surface area (Å²) >= 11 is 0. The van der Waals surface area contributed by atoms with Crippen LogP contribution < -0.4 is 5.73 Å². The molecule has 0 atom stereocenters. The number of rotatable bonds is 2. The molecule has 0 fully saturated rings. The van der Waals surface area contributed by atoms with Gasteiger partial charge < -0.3 is 10.7 Å². The first kappa shape index (κ1) is 11.2. The van der Waals surface area contributed by atoms with Crippen molar-refractivity contribution in [3.63, 3.8) is 0 Å². The standard InChI is InChI=1S/C14H20N2/c1-14(2,3)13-9-11-8-10(6-7-15)4-5-12(11)16-13/h4-5,8-9,16H,6-7,15H2,1-3H3. The van der Waals surface area contributed by atoms with Crippen LogP contribution in [0.1, 0.15) is 32.0 Å². The number of nitrogens with one attached hydrogen (secondary N) is 1. The van der Waals surface area contributed by atoms with E-state index in [1.807, 2.05) is 0 Å². The number of fused-ring (bicyclic) bond motifs is 1. The van der Waals surface area contributed by atoms with Crippen LogP contribution in [0.15, 0.2) is 24.3 Å². The van der Waals surface area contributed by atoms with Crippen molar-refractivity contribution in [2.45, 2.75) is 32.6 Å². The summed E-state index contributed by atoms with van der Waals surface area (Å²) in [7, 11) is 0. The first-order valence-corrected chi connectivity index (χ1v) is 5.83. The maximum Gasteiger partial charge on any atom is 0.0456 e. The highest BCUT2D eigenvalue weighted by Crippen LogP contribution is 2.26. The smallest absolute Gasteiger partial charge is 0.0456 e. The molecule has 0 saturated carbocycles. The van der Waals surface area contributed by atoms with Gasteiger partial charge in [-0.2, -0.15) is 0 Å². The number of hydrogen-bond donors (Lipinski definition) is 2. The van der Waals surface area contributed by atoms with E-state index in [4.69, 9.17) is 5.73 Å². The van der Waals surface area contributed by atoms with Crippen molar-refractivity contribution in [1.82, 2.24) is 4.98 Å². The molecule has 0 amide bonds. The van der Waals surface area contributed by atoms with E-state index in [2.05, 4.69) is 50.0 Å². The van der Waals surface area contributed by atoms with Crippen LogP contribution >= 0.6 is 0 Å². The fourth-order valence-electron chi connectivity index (χ4n) is 1.91. The summed E-state index contributed by atoms with van der Waals surface area (Å²) < 4.78 is 0.